The monoisotopic (exact) mass is 307 g/mol. The van der Waals surface area contributed by atoms with Crippen LogP contribution < -0.4 is 5.32 Å². The van der Waals surface area contributed by atoms with E-state index in [-0.39, 0.29) is 24.6 Å². The molecule has 0 atom stereocenters. The number of hydrogen-bond donors (Lipinski definition) is 2. The van der Waals surface area contributed by atoms with Gasteiger partial charge in [-0.05, 0) is 30.5 Å². The van der Waals surface area contributed by atoms with Crippen molar-refractivity contribution >= 4 is 18.0 Å². The average Bonchev–Trinajstić information content (AvgIpc) is 2.48. The minimum absolute atomic E-state index is 0.0519. The van der Waals surface area contributed by atoms with Gasteiger partial charge in [0.25, 0.3) is 0 Å². The average molecular weight is 307 g/mol. The summed E-state index contributed by atoms with van der Waals surface area (Å²) in [5.41, 5.74) is 0.854. The van der Waals surface area contributed by atoms with Crippen LogP contribution in [0.4, 0.5) is 4.39 Å². The van der Waals surface area contributed by atoms with Crippen LogP contribution in [0.3, 0.4) is 0 Å². The number of hydrogen-bond acceptors (Lipinski definition) is 2. The van der Waals surface area contributed by atoms with Crippen molar-refractivity contribution in [1.82, 2.24) is 5.32 Å². The zero-order chi connectivity index (χ0) is 16.2. The van der Waals surface area contributed by atoms with Gasteiger partial charge in [0, 0.05) is 19.4 Å². The number of carboxylic acid groups (broad SMARTS) is 1. The van der Waals surface area contributed by atoms with Crippen LogP contribution in [0.2, 0.25) is 0 Å². The van der Waals surface area contributed by atoms with E-state index in [0.717, 1.165) is 24.8 Å². The lowest BCUT2D eigenvalue weighted by Crippen LogP contribution is -2.23. The number of carbonyl (C=O) groups excluding carboxylic acids is 1. The molecular weight excluding hydrogens is 285 g/mol. The Morgan fingerprint density at radius 1 is 1.09 bits per heavy atom. The van der Waals surface area contributed by atoms with Crippen molar-refractivity contribution in [1.29, 1.82) is 0 Å². The normalized spacial score (nSPS) is 10.8. The van der Waals surface area contributed by atoms with Crippen LogP contribution in [0.15, 0.2) is 30.3 Å². The summed E-state index contributed by atoms with van der Waals surface area (Å²) in [4.78, 5) is 21.9. The molecule has 1 aromatic rings. The van der Waals surface area contributed by atoms with Crippen LogP contribution in [-0.2, 0) is 9.59 Å². The van der Waals surface area contributed by atoms with Gasteiger partial charge in [-0.15, -0.1) is 0 Å². The molecule has 4 nitrogen and oxygen atoms in total. The number of unbranched alkanes of at least 4 members (excludes halogenated alkanes) is 3. The second-order valence-electron chi connectivity index (χ2n) is 5.07. The van der Waals surface area contributed by atoms with Crippen LogP contribution in [0.25, 0.3) is 6.08 Å². The maximum Gasteiger partial charge on any atom is 0.303 e. The Balaban J connectivity index is 2.06. The maximum absolute atomic E-state index is 12.7. The van der Waals surface area contributed by atoms with E-state index in [1.54, 1.807) is 24.3 Å². The first-order valence-electron chi connectivity index (χ1n) is 7.48. The zero-order valence-electron chi connectivity index (χ0n) is 12.6. The SMILES string of the molecule is O=C(O)CCCCCCNC(=O)C/C=C/c1ccc(F)cc1. The summed E-state index contributed by atoms with van der Waals surface area (Å²) in [5.74, 6) is -1.09. The Hall–Kier alpha value is -2.17. The van der Waals surface area contributed by atoms with Crippen molar-refractivity contribution < 1.29 is 19.1 Å². The van der Waals surface area contributed by atoms with Crippen LogP contribution in [0.5, 0.6) is 0 Å². The third-order valence-electron chi connectivity index (χ3n) is 3.12. The minimum Gasteiger partial charge on any atom is -0.481 e. The molecule has 0 radical (unpaired) electrons. The Labute approximate surface area is 130 Å². The highest BCUT2D eigenvalue weighted by molar-refractivity contribution is 5.78. The van der Waals surface area contributed by atoms with E-state index < -0.39 is 5.97 Å². The third kappa shape index (κ3) is 8.89. The second-order valence-corrected chi connectivity index (χ2v) is 5.07. The highest BCUT2D eigenvalue weighted by Crippen LogP contribution is 2.05. The van der Waals surface area contributed by atoms with Gasteiger partial charge in [0.05, 0.1) is 0 Å². The largest absolute Gasteiger partial charge is 0.481 e. The number of carbonyl (C=O) groups is 2. The molecule has 2 N–H and O–H groups in total. The summed E-state index contributed by atoms with van der Waals surface area (Å²) < 4.78 is 12.7. The Bertz CT molecular complexity index is 497. The minimum atomic E-state index is -0.763. The maximum atomic E-state index is 12.7. The molecular formula is C17H22FNO3. The smallest absolute Gasteiger partial charge is 0.303 e. The van der Waals surface area contributed by atoms with Gasteiger partial charge in [0.1, 0.15) is 5.82 Å². The number of amides is 1. The first-order valence-corrected chi connectivity index (χ1v) is 7.48. The highest BCUT2D eigenvalue weighted by atomic mass is 19.1. The molecule has 0 aromatic heterocycles. The Kier molecular flexibility index (Phi) is 8.57. The molecule has 0 fully saturated rings. The van der Waals surface area contributed by atoms with Gasteiger partial charge in [0.2, 0.25) is 5.91 Å². The highest BCUT2D eigenvalue weighted by Gasteiger charge is 1.99. The number of carboxylic acids is 1. The first kappa shape index (κ1) is 17.9. The predicted octanol–water partition coefficient (Wildman–Crippen LogP) is 3.38. The van der Waals surface area contributed by atoms with Crippen LogP contribution in [0.1, 0.15) is 44.1 Å². The summed E-state index contributed by atoms with van der Waals surface area (Å²) in [7, 11) is 0. The lowest BCUT2D eigenvalue weighted by Gasteiger charge is -2.03. The van der Waals surface area contributed by atoms with Gasteiger partial charge in [-0.25, -0.2) is 4.39 Å². The quantitative estimate of drug-likeness (QED) is 0.651. The van der Waals surface area contributed by atoms with Crippen LogP contribution in [-0.4, -0.2) is 23.5 Å². The van der Waals surface area contributed by atoms with E-state index in [1.165, 1.54) is 12.1 Å². The molecule has 0 saturated carbocycles. The van der Waals surface area contributed by atoms with Gasteiger partial charge in [0.15, 0.2) is 0 Å². The standard InChI is InChI=1S/C17H22FNO3/c18-15-11-9-14(10-12-15)6-5-7-16(20)19-13-4-2-1-3-8-17(21)22/h5-6,9-12H,1-4,7-8,13H2,(H,19,20)(H,21,22)/b6-5+. The Morgan fingerprint density at radius 3 is 2.45 bits per heavy atom. The number of halogens is 1. The van der Waals surface area contributed by atoms with Gasteiger partial charge < -0.3 is 10.4 Å². The van der Waals surface area contributed by atoms with Crippen molar-refractivity contribution in [2.24, 2.45) is 0 Å². The van der Waals surface area contributed by atoms with E-state index in [4.69, 9.17) is 5.11 Å². The zero-order valence-corrected chi connectivity index (χ0v) is 12.6. The van der Waals surface area contributed by atoms with Gasteiger partial charge in [-0.3, -0.25) is 9.59 Å². The summed E-state index contributed by atoms with van der Waals surface area (Å²) >= 11 is 0. The van der Waals surface area contributed by atoms with Crippen molar-refractivity contribution in [3.05, 3.63) is 41.7 Å². The van der Waals surface area contributed by atoms with E-state index in [2.05, 4.69) is 5.32 Å². The summed E-state index contributed by atoms with van der Waals surface area (Å²) in [6.07, 6.45) is 7.35. The summed E-state index contributed by atoms with van der Waals surface area (Å²) in [6, 6.07) is 6.07. The molecule has 0 heterocycles. The van der Waals surface area contributed by atoms with E-state index in [0.29, 0.717) is 13.0 Å². The molecule has 0 aliphatic carbocycles. The molecule has 1 amide bonds. The van der Waals surface area contributed by atoms with E-state index in [1.807, 2.05) is 0 Å². The first-order chi connectivity index (χ1) is 10.6. The van der Waals surface area contributed by atoms with E-state index in [9.17, 15) is 14.0 Å². The lowest BCUT2D eigenvalue weighted by atomic mass is 10.1. The Morgan fingerprint density at radius 2 is 1.77 bits per heavy atom. The molecule has 120 valence electrons. The second kappa shape index (κ2) is 10.5. The predicted molar refractivity (Wildman–Crippen MR) is 83.8 cm³/mol. The van der Waals surface area contributed by atoms with Gasteiger partial charge >= 0.3 is 5.97 Å². The molecule has 1 aromatic carbocycles. The number of rotatable bonds is 10. The molecule has 0 spiro atoms. The fourth-order valence-electron chi connectivity index (χ4n) is 1.93. The van der Waals surface area contributed by atoms with Crippen molar-refractivity contribution in [3.63, 3.8) is 0 Å². The summed E-state index contributed by atoms with van der Waals surface area (Å²) in [6.45, 7) is 0.607. The number of aliphatic carboxylic acids is 1. The van der Waals surface area contributed by atoms with Gasteiger partial charge in [-0.2, -0.15) is 0 Å². The number of benzene rings is 1. The van der Waals surface area contributed by atoms with Crippen molar-refractivity contribution in [2.75, 3.05) is 6.54 Å². The summed E-state index contributed by atoms with van der Waals surface area (Å²) in [5, 5.41) is 11.3. The molecule has 5 heteroatoms. The molecule has 0 aliphatic heterocycles. The van der Waals surface area contributed by atoms with Crippen molar-refractivity contribution in [3.8, 4) is 0 Å². The molecule has 1 rings (SSSR count). The van der Waals surface area contributed by atoms with Crippen LogP contribution in [0, 0.1) is 5.82 Å². The molecule has 0 aliphatic rings. The third-order valence-corrected chi connectivity index (χ3v) is 3.12. The lowest BCUT2D eigenvalue weighted by molar-refractivity contribution is -0.137. The topological polar surface area (TPSA) is 66.4 Å². The molecule has 0 bridgehead atoms. The fourth-order valence-corrected chi connectivity index (χ4v) is 1.93. The van der Waals surface area contributed by atoms with Crippen molar-refractivity contribution in [2.45, 2.75) is 38.5 Å². The molecule has 0 unspecified atom stereocenters. The fraction of sp³-hybridized carbons (Fsp3) is 0.412. The van der Waals surface area contributed by atoms with Gasteiger partial charge in [-0.1, -0.05) is 37.1 Å². The molecule has 0 saturated heterocycles. The number of nitrogens with one attached hydrogen (secondary N) is 1. The molecule has 22 heavy (non-hydrogen) atoms. The van der Waals surface area contributed by atoms with Crippen LogP contribution >= 0.6 is 0 Å². The van der Waals surface area contributed by atoms with E-state index >= 15 is 0 Å².